The largest absolute Gasteiger partial charge is 0.491 e. The Kier molecular flexibility index (Phi) is 8.73. The molecule has 2 aromatic carbocycles. The molecule has 3 rings (SSSR count). The molecule has 0 unspecified atom stereocenters. The van der Waals surface area contributed by atoms with Crippen LogP contribution in [0.2, 0.25) is 0 Å². The number of para-hydroxylation sites is 2. The van der Waals surface area contributed by atoms with Crippen LogP contribution in [0, 0.1) is 5.92 Å². The van der Waals surface area contributed by atoms with Crippen molar-refractivity contribution in [3.05, 3.63) is 65.9 Å². The maximum absolute atomic E-state index is 13.7. The molecule has 8 heteroatoms. The zero-order valence-corrected chi connectivity index (χ0v) is 19.7. The molecule has 1 heterocycles. The van der Waals surface area contributed by atoms with Crippen LogP contribution in [0.15, 0.2) is 54.7 Å². The molecule has 1 aromatic heterocycles. The van der Waals surface area contributed by atoms with Gasteiger partial charge < -0.3 is 15.4 Å². The molecular weight excluding hydrogens is 441 g/mol. The number of nitrogens with zero attached hydrogens (tertiary/aromatic N) is 2. The van der Waals surface area contributed by atoms with Crippen LogP contribution in [-0.4, -0.2) is 16.6 Å². The first-order chi connectivity index (χ1) is 16.3. The number of anilines is 4. The molecule has 0 aliphatic carbocycles. The number of unbranched alkanes of at least 4 members (excludes halogenated alkanes) is 2. The summed E-state index contributed by atoms with van der Waals surface area (Å²) in [4.78, 5) is 8.04. The van der Waals surface area contributed by atoms with Gasteiger partial charge in [0.25, 0.3) is 0 Å². The van der Waals surface area contributed by atoms with Crippen LogP contribution in [-0.2, 0) is 12.6 Å². The zero-order chi connectivity index (χ0) is 24.6. The van der Waals surface area contributed by atoms with E-state index in [1.54, 1.807) is 24.3 Å². The van der Waals surface area contributed by atoms with Crippen molar-refractivity contribution in [1.82, 2.24) is 9.97 Å². The van der Waals surface area contributed by atoms with Crippen molar-refractivity contribution in [2.45, 2.75) is 52.6 Å². The van der Waals surface area contributed by atoms with Gasteiger partial charge in [-0.1, -0.05) is 57.9 Å². The van der Waals surface area contributed by atoms with Crippen LogP contribution in [0.25, 0.3) is 0 Å². The van der Waals surface area contributed by atoms with Gasteiger partial charge in [-0.3, -0.25) is 0 Å². The third-order valence-electron chi connectivity index (χ3n) is 5.09. The SMILES string of the molecule is CCCCCOc1ccccc1Nc1nc(Nc2ccc(CC(C)C)cc2)ncc1C(F)(F)F. The second kappa shape index (κ2) is 11.7. The molecule has 0 bridgehead atoms. The summed E-state index contributed by atoms with van der Waals surface area (Å²) in [6, 6.07) is 14.6. The van der Waals surface area contributed by atoms with Crippen LogP contribution in [0.1, 0.15) is 51.2 Å². The van der Waals surface area contributed by atoms with Gasteiger partial charge in [-0.15, -0.1) is 0 Å². The van der Waals surface area contributed by atoms with E-state index >= 15 is 0 Å². The minimum Gasteiger partial charge on any atom is -0.491 e. The minimum absolute atomic E-state index is 0.0634. The topological polar surface area (TPSA) is 59.1 Å². The highest BCUT2D eigenvalue weighted by Crippen LogP contribution is 2.37. The van der Waals surface area contributed by atoms with Crippen LogP contribution >= 0.6 is 0 Å². The Labute approximate surface area is 198 Å². The molecule has 0 saturated heterocycles. The van der Waals surface area contributed by atoms with Gasteiger partial charge >= 0.3 is 6.18 Å². The normalized spacial score (nSPS) is 11.5. The Morgan fingerprint density at radius 1 is 0.971 bits per heavy atom. The van der Waals surface area contributed by atoms with E-state index in [9.17, 15) is 13.2 Å². The van der Waals surface area contributed by atoms with E-state index in [2.05, 4.69) is 41.4 Å². The molecule has 0 saturated carbocycles. The lowest BCUT2D eigenvalue weighted by Crippen LogP contribution is -2.13. The Hall–Kier alpha value is -3.29. The highest BCUT2D eigenvalue weighted by molar-refractivity contribution is 5.67. The Bertz CT molecular complexity index is 1050. The van der Waals surface area contributed by atoms with Crippen LogP contribution < -0.4 is 15.4 Å². The van der Waals surface area contributed by atoms with Crippen molar-refractivity contribution in [2.24, 2.45) is 5.92 Å². The van der Waals surface area contributed by atoms with E-state index in [-0.39, 0.29) is 11.8 Å². The quantitative estimate of drug-likeness (QED) is 0.279. The van der Waals surface area contributed by atoms with Crippen molar-refractivity contribution < 1.29 is 17.9 Å². The van der Waals surface area contributed by atoms with Gasteiger partial charge in [0.2, 0.25) is 5.95 Å². The van der Waals surface area contributed by atoms with E-state index < -0.39 is 11.7 Å². The fraction of sp³-hybridized carbons (Fsp3) is 0.385. The van der Waals surface area contributed by atoms with Gasteiger partial charge in [0, 0.05) is 11.9 Å². The molecule has 182 valence electrons. The molecule has 0 atom stereocenters. The Morgan fingerprint density at radius 3 is 2.38 bits per heavy atom. The number of aromatic nitrogens is 2. The second-order valence-electron chi connectivity index (χ2n) is 8.55. The molecule has 0 fully saturated rings. The summed E-state index contributed by atoms with van der Waals surface area (Å²) in [5.74, 6) is 0.726. The lowest BCUT2D eigenvalue weighted by molar-refractivity contribution is -0.137. The van der Waals surface area contributed by atoms with E-state index in [0.717, 1.165) is 31.9 Å². The highest BCUT2D eigenvalue weighted by Gasteiger charge is 2.35. The predicted octanol–water partition coefficient (Wildman–Crippen LogP) is 7.75. The summed E-state index contributed by atoms with van der Waals surface area (Å²) in [6.07, 6.45) is 0.0651. The van der Waals surface area contributed by atoms with Crippen molar-refractivity contribution in [2.75, 3.05) is 17.2 Å². The Morgan fingerprint density at radius 2 is 1.71 bits per heavy atom. The number of nitrogens with one attached hydrogen (secondary N) is 2. The number of ether oxygens (including phenoxy) is 1. The average molecular weight is 473 g/mol. The van der Waals surface area contributed by atoms with E-state index in [1.807, 2.05) is 24.3 Å². The van der Waals surface area contributed by atoms with Gasteiger partial charge in [0.15, 0.2) is 0 Å². The molecule has 2 N–H and O–H groups in total. The third kappa shape index (κ3) is 7.37. The number of hydrogen-bond donors (Lipinski definition) is 2. The molecule has 3 aromatic rings. The highest BCUT2D eigenvalue weighted by atomic mass is 19.4. The number of benzene rings is 2. The average Bonchev–Trinajstić information content (AvgIpc) is 2.78. The van der Waals surface area contributed by atoms with Crippen LogP contribution in [0.3, 0.4) is 0 Å². The number of hydrogen-bond acceptors (Lipinski definition) is 5. The number of halogens is 3. The van der Waals surface area contributed by atoms with Gasteiger partial charge in [0.1, 0.15) is 17.1 Å². The minimum atomic E-state index is -4.61. The van der Waals surface area contributed by atoms with Crippen molar-refractivity contribution >= 4 is 23.1 Å². The lowest BCUT2D eigenvalue weighted by atomic mass is 10.0. The number of alkyl halides is 3. The second-order valence-corrected chi connectivity index (χ2v) is 8.55. The van der Waals surface area contributed by atoms with E-state index in [1.165, 1.54) is 5.56 Å². The zero-order valence-electron chi connectivity index (χ0n) is 19.7. The first-order valence-corrected chi connectivity index (χ1v) is 11.5. The number of rotatable bonds is 11. The molecule has 34 heavy (non-hydrogen) atoms. The lowest BCUT2D eigenvalue weighted by Gasteiger charge is -2.17. The van der Waals surface area contributed by atoms with Gasteiger partial charge in [-0.2, -0.15) is 18.2 Å². The summed E-state index contributed by atoms with van der Waals surface area (Å²) >= 11 is 0. The van der Waals surface area contributed by atoms with Crippen LogP contribution in [0.5, 0.6) is 5.75 Å². The molecule has 0 aliphatic heterocycles. The maximum Gasteiger partial charge on any atom is 0.421 e. The fourth-order valence-electron chi connectivity index (χ4n) is 3.43. The predicted molar refractivity (Wildman–Crippen MR) is 130 cm³/mol. The van der Waals surface area contributed by atoms with Gasteiger partial charge in [-0.25, -0.2) is 4.98 Å². The van der Waals surface area contributed by atoms with Crippen molar-refractivity contribution in [1.29, 1.82) is 0 Å². The summed E-state index contributed by atoms with van der Waals surface area (Å²) in [6.45, 7) is 6.87. The van der Waals surface area contributed by atoms with Crippen molar-refractivity contribution in [3.8, 4) is 5.75 Å². The monoisotopic (exact) mass is 472 g/mol. The molecule has 0 spiro atoms. The van der Waals surface area contributed by atoms with Crippen molar-refractivity contribution in [3.63, 3.8) is 0 Å². The molecule has 0 radical (unpaired) electrons. The van der Waals surface area contributed by atoms with Crippen LogP contribution in [0.4, 0.5) is 36.3 Å². The molecule has 0 amide bonds. The summed E-state index contributed by atoms with van der Waals surface area (Å²) < 4.78 is 46.8. The third-order valence-corrected chi connectivity index (χ3v) is 5.09. The Balaban J connectivity index is 1.83. The first-order valence-electron chi connectivity index (χ1n) is 11.5. The van der Waals surface area contributed by atoms with E-state index in [4.69, 9.17) is 4.74 Å². The smallest absolute Gasteiger partial charge is 0.421 e. The molecule has 0 aliphatic rings. The maximum atomic E-state index is 13.7. The fourth-order valence-corrected chi connectivity index (χ4v) is 3.43. The first kappa shape index (κ1) is 25.3. The summed E-state index contributed by atoms with van der Waals surface area (Å²) in [5, 5.41) is 5.80. The van der Waals surface area contributed by atoms with E-state index in [0.29, 0.717) is 29.6 Å². The summed E-state index contributed by atoms with van der Waals surface area (Å²) in [5.41, 5.74) is 1.34. The standard InChI is InChI=1S/C26H31F3N4O/c1-4-5-8-15-34-23-10-7-6-9-22(23)32-24-21(26(27,28)29)17-30-25(33-24)31-20-13-11-19(12-14-20)16-18(2)3/h6-7,9-14,17-18H,4-5,8,15-16H2,1-3H3,(H2,30,31,32,33). The summed E-state index contributed by atoms with van der Waals surface area (Å²) in [7, 11) is 0. The van der Waals surface area contributed by atoms with Gasteiger partial charge in [0.05, 0.1) is 12.3 Å². The molecular formula is C26H31F3N4O. The van der Waals surface area contributed by atoms with Gasteiger partial charge in [-0.05, 0) is 48.6 Å². The molecule has 5 nitrogen and oxygen atoms in total.